The summed E-state index contributed by atoms with van der Waals surface area (Å²) in [6, 6.07) is 14.4. The number of anilines is 3. The number of carbonyl (C=O) groups excluding carboxylic acids is 1. The fraction of sp³-hybridized carbons (Fsp3) is 0.0769. The van der Waals surface area contributed by atoms with Crippen molar-refractivity contribution < 1.29 is 9.18 Å². The summed E-state index contributed by atoms with van der Waals surface area (Å²) in [6.07, 6.45) is 1.52. The largest absolute Gasteiger partial charge is 0.368 e. The van der Waals surface area contributed by atoms with Crippen LogP contribution in [0, 0.1) is 12.7 Å². The number of nitrogens with one attached hydrogen (secondary N) is 2. The zero-order valence-electron chi connectivity index (χ0n) is 19.3. The van der Waals surface area contributed by atoms with Crippen LogP contribution in [0.5, 0.6) is 0 Å². The number of rotatable bonds is 3. The number of pyridine rings is 1. The summed E-state index contributed by atoms with van der Waals surface area (Å²) >= 11 is 6.26. The first-order valence-electron chi connectivity index (χ1n) is 10.9. The van der Waals surface area contributed by atoms with E-state index >= 15 is 0 Å². The third kappa shape index (κ3) is 4.09. The summed E-state index contributed by atoms with van der Waals surface area (Å²) < 4.78 is 16.2. The Kier molecular flexibility index (Phi) is 5.77. The van der Waals surface area contributed by atoms with E-state index in [9.17, 15) is 14.0 Å². The van der Waals surface area contributed by atoms with Gasteiger partial charge in [0.05, 0.1) is 11.4 Å². The van der Waals surface area contributed by atoms with E-state index in [1.807, 2.05) is 24.3 Å². The van der Waals surface area contributed by atoms with Crippen LogP contribution in [0.1, 0.15) is 5.56 Å². The highest BCUT2D eigenvalue weighted by atomic mass is 35.5. The number of aryl methyl sites for hydroxylation is 2. The van der Waals surface area contributed by atoms with Gasteiger partial charge in [-0.05, 0) is 48.4 Å². The second-order valence-electron chi connectivity index (χ2n) is 8.30. The number of fused-ring (bicyclic) bond motifs is 2. The third-order valence-corrected chi connectivity index (χ3v) is 6.27. The minimum Gasteiger partial charge on any atom is -0.368 e. The fourth-order valence-electron chi connectivity index (χ4n) is 4.16. The molecule has 5 aromatic rings. The first-order valence-corrected chi connectivity index (χ1v) is 11.3. The maximum absolute atomic E-state index is 14.9. The van der Waals surface area contributed by atoms with Gasteiger partial charge in [-0.1, -0.05) is 35.9 Å². The van der Waals surface area contributed by atoms with Gasteiger partial charge in [0.2, 0.25) is 5.95 Å². The van der Waals surface area contributed by atoms with E-state index in [2.05, 4.69) is 20.6 Å². The van der Waals surface area contributed by atoms with Crippen LogP contribution < -0.4 is 21.9 Å². The number of benzene rings is 3. The molecule has 0 bridgehead atoms. The van der Waals surface area contributed by atoms with Gasteiger partial charge >= 0.3 is 6.03 Å². The maximum atomic E-state index is 14.9. The molecule has 0 radical (unpaired) electrons. The van der Waals surface area contributed by atoms with Gasteiger partial charge in [0.15, 0.2) is 0 Å². The van der Waals surface area contributed by atoms with Crippen molar-refractivity contribution in [2.24, 2.45) is 7.05 Å². The Morgan fingerprint density at radius 3 is 2.53 bits per heavy atom. The second-order valence-corrected chi connectivity index (χ2v) is 8.70. The molecule has 5 rings (SSSR count). The molecule has 4 N–H and O–H groups in total. The van der Waals surface area contributed by atoms with Crippen LogP contribution in [-0.2, 0) is 7.05 Å². The number of nitrogen functional groups attached to an aromatic ring is 1. The first-order chi connectivity index (χ1) is 17.2. The van der Waals surface area contributed by atoms with Gasteiger partial charge in [-0.2, -0.15) is 4.98 Å². The van der Waals surface area contributed by atoms with Crippen molar-refractivity contribution in [3.05, 3.63) is 87.6 Å². The molecule has 0 aliphatic rings. The van der Waals surface area contributed by atoms with Gasteiger partial charge < -0.3 is 16.4 Å². The number of carbonyl (C=O) groups is 1. The Bertz CT molecular complexity index is 1750. The molecule has 10 heteroatoms. The molecule has 0 aliphatic carbocycles. The molecule has 0 spiro atoms. The molecule has 3 aromatic carbocycles. The van der Waals surface area contributed by atoms with Gasteiger partial charge in [0.25, 0.3) is 5.56 Å². The van der Waals surface area contributed by atoms with E-state index in [0.717, 1.165) is 10.8 Å². The number of hydrogen-bond donors (Lipinski definition) is 3. The lowest BCUT2D eigenvalue weighted by molar-refractivity contribution is 0.262. The molecule has 0 atom stereocenters. The molecule has 2 amide bonds. The number of nitrogens with zero attached hydrogens (tertiary/aromatic N) is 3. The van der Waals surface area contributed by atoms with Crippen molar-refractivity contribution in [1.29, 1.82) is 0 Å². The maximum Gasteiger partial charge on any atom is 0.323 e. The van der Waals surface area contributed by atoms with Crippen molar-refractivity contribution in [1.82, 2.24) is 14.5 Å². The second kappa shape index (κ2) is 8.94. The Labute approximate surface area is 209 Å². The number of nitrogens with two attached hydrogens (primary N) is 1. The summed E-state index contributed by atoms with van der Waals surface area (Å²) in [7, 11) is 1.57. The Morgan fingerprint density at radius 2 is 1.75 bits per heavy atom. The molecule has 0 saturated carbocycles. The molecule has 2 aromatic heterocycles. The predicted molar refractivity (Wildman–Crippen MR) is 141 cm³/mol. The fourth-order valence-corrected chi connectivity index (χ4v) is 4.39. The number of hydrogen-bond acceptors (Lipinski definition) is 5. The lowest BCUT2D eigenvalue weighted by Gasteiger charge is -2.15. The van der Waals surface area contributed by atoms with Crippen LogP contribution >= 0.6 is 11.6 Å². The molecule has 8 nitrogen and oxygen atoms in total. The first kappa shape index (κ1) is 23.3. The number of aromatic nitrogens is 3. The molecule has 0 fully saturated rings. The van der Waals surface area contributed by atoms with Crippen molar-refractivity contribution in [3.8, 4) is 11.1 Å². The zero-order chi connectivity index (χ0) is 25.6. The molecule has 180 valence electrons. The smallest absolute Gasteiger partial charge is 0.323 e. The Balaban J connectivity index is 1.51. The van der Waals surface area contributed by atoms with Crippen LogP contribution in [0.15, 0.2) is 65.6 Å². The highest BCUT2D eigenvalue weighted by Crippen LogP contribution is 2.31. The summed E-state index contributed by atoms with van der Waals surface area (Å²) in [5.41, 5.74) is 7.42. The van der Waals surface area contributed by atoms with Gasteiger partial charge in [-0.3, -0.25) is 9.36 Å². The molecule has 0 unspecified atom stereocenters. The van der Waals surface area contributed by atoms with Gasteiger partial charge in [-0.25, -0.2) is 14.2 Å². The standard InChI is InChI=1S/C26H20ClFN6O2/c1-13-9-20(28)22(32-26(36)31-21-8-7-19(27)15-5-3-4-6-16(15)21)11-17(13)18-10-14-12-30-25(29)33-23(14)34(2)24(18)35/h3-12H,1-2H3,(H2,29,30,33)(H2,31,32,36). The average molecular weight is 503 g/mol. The lowest BCUT2D eigenvalue weighted by atomic mass is 9.99. The van der Waals surface area contributed by atoms with Crippen molar-refractivity contribution in [2.45, 2.75) is 6.92 Å². The molecule has 0 aliphatic heterocycles. The van der Waals surface area contributed by atoms with E-state index in [1.165, 1.54) is 22.9 Å². The monoisotopic (exact) mass is 502 g/mol. The number of urea groups is 1. The van der Waals surface area contributed by atoms with E-state index < -0.39 is 11.8 Å². The van der Waals surface area contributed by atoms with Crippen LogP contribution in [0.3, 0.4) is 0 Å². The normalized spacial score (nSPS) is 11.1. The predicted octanol–water partition coefficient (Wildman–Crippen LogP) is 5.48. The van der Waals surface area contributed by atoms with Gasteiger partial charge in [-0.15, -0.1) is 0 Å². The number of amides is 2. The van der Waals surface area contributed by atoms with E-state index in [1.54, 1.807) is 32.2 Å². The van der Waals surface area contributed by atoms with Crippen molar-refractivity contribution in [2.75, 3.05) is 16.4 Å². The molecular weight excluding hydrogens is 483 g/mol. The highest BCUT2D eigenvalue weighted by molar-refractivity contribution is 6.36. The molecule has 0 saturated heterocycles. The number of halogens is 2. The van der Waals surface area contributed by atoms with Gasteiger partial charge in [0.1, 0.15) is 11.5 Å². The highest BCUT2D eigenvalue weighted by Gasteiger charge is 2.17. The van der Waals surface area contributed by atoms with E-state index in [4.69, 9.17) is 17.3 Å². The van der Waals surface area contributed by atoms with Crippen LogP contribution in [0.2, 0.25) is 5.02 Å². The molecular formula is C26H20ClFN6O2. The summed E-state index contributed by atoms with van der Waals surface area (Å²) in [5.74, 6) is -0.588. The SMILES string of the molecule is Cc1cc(F)c(NC(=O)Nc2ccc(Cl)c3ccccc23)cc1-c1cc2cnc(N)nc2n(C)c1=O. The van der Waals surface area contributed by atoms with E-state index in [0.29, 0.717) is 38.4 Å². The summed E-state index contributed by atoms with van der Waals surface area (Å²) in [6.45, 7) is 1.69. The molecule has 36 heavy (non-hydrogen) atoms. The Morgan fingerprint density at radius 1 is 1.03 bits per heavy atom. The minimum absolute atomic E-state index is 0.0502. The Hall–Kier alpha value is -4.50. The topological polar surface area (TPSA) is 115 Å². The lowest BCUT2D eigenvalue weighted by Crippen LogP contribution is -2.22. The minimum atomic E-state index is -0.647. The quantitative estimate of drug-likeness (QED) is 0.302. The third-order valence-electron chi connectivity index (χ3n) is 5.94. The van der Waals surface area contributed by atoms with Crippen LogP contribution in [0.4, 0.5) is 26.5 Å². The molecule has 2 heterocycles. The van der Waals surface area contributed by atoms with Crippen molar-refractivity contribution >= 4 is 56.8 Å². The van der Waals surface area contributed by atoms with Gasteiger partial charge in [0, 0.05) is 40.0 Å². The average Bonchev–Trinajstić information content (AvgIpc) is 2.85. The van der Waals surface area contributed by atoms with Crippen LogP contribution in [0.25, 0.3) is 32.9 Å². The summed E-state index contributed by atoms with van der Waals surface area (Å²) in [5, 5.41) is 7.95. The van der Waals surface area contributed by atoms with E-state index in [-0.39, 0.29) is 17.2 Å². The summed E-state index contributed by atoms with van der Waals surface area (Å²) in [4.78, 5) is 34.0. The van der Waals surface area contributed by atoms with Crippen LogP contribution in [-0.4, -0.2) is 20.6 Å². The van der Waals surface area contributed by atoms with Crippen molar-refractivity contribution in [3.63, 3.8) is 0 Å². The zero-order valence-corrected chi connectivity index (χ0v) is 20.0.